The van der Waals surface area contributed by atoms with Crippen LogP contribution >= 0.6 is 0 Å². The van der Waals surface area contributed by atoms with Crippen molar-refractivity contribution in [2.45, 2.75) is 13.0 Å². The Bertz CT molecular complexity index is 1730. The molecule has 9 nitrogen and oxygen atoms in total. The van der Waals surface area contributed by atoms with Crippen LogP contribution in [0.4, 0.5) is 19.4 Å². The van der Waals surface area contributed by atoms with Crippen LogP contribution < -0.4 is 10.1 Å². The fourth-order valence-corrected chi connectivity index (χ4v) is 4.29. The van der Waals surface area contributed by atoms with Crippen molar-refractivity contribution in [1.29, 1.82) is 0 Å². The first-order valence-electron chi connectivity index (χ1n) is 12.7. The van der Waals surface area contributed by atoms with Crippen molar-refractivity contribution in [1.82, 2.24) is 14.8 Å². The van der Waals surface area contributed by atoms with E-state index < -0.39 is 41.2 Å². The number of rotatable bonds is 8. The molecule has 0 unspecified atom stereocenters. The lowest BCUT2D eigenvalue weighted by atomic mass is 10.0. The summed E-state index contributed by atoms with van der Waals surface area (Å²) < 4.78 is 42.1. The summed E-state index contributed by atoms with van der Waals surface area (Å²) in [4.78, 5) is 27.7. The van der Waals surface area contributed by atoms with Gasteiger partial charge in [0.15, 0.2) is 28.8 Å². The molecule has 1 atom stereocenters. The summed E-state index contributed by atoms with van der Waals surface area (Å²) in [7, 11) is 1.67. The number of hydrogen-bond acceptors (Lipinski definition) is 6. The zero-order valence-corrected chi connectivity index (χ0v) is 22.4. The maximum atomic E-state index is 14.9. The van der Waals surface area contributed by atoms with Crippen molar-refractivity contribution in [2.24, 2.45) is 7.05 Å². The number of anilines is 1. The number of halogens is 2. The molecule has 2 heterocycles. The Morgan fingerprint density at radius 2 is 1.60 bits per heavy atom. The third kappa shape index (κ3) is 5.94. The van der Waals surface area contributed by atoms with E-state index >= 15 is 0 Å². The summed E-state index contributed by atoms with van der Waals surface area (Å²) in [5.41, 5.74) is 2.42. The Balaban J connectivity index is 1.34. The van der Waals surface area contributed by atoms with E-state index in [-0.39, 0.29) is 11.3 Å². The van der Waals surface area contributed by atoms with E-state index in [1.165, 1.54) is 23.0 Å². The van der Waals surface area contributed by atoms with Gasteiger partial charge in [-0.3, -0.25) is 10.00 Å². The van der Waals surface area contributed by atoms with Crippen molar-refractivity contribution >= 4 is 17.9 Å². The number of aromatic carboxylic acids is 1. The van der Waals surface area contributed by atoms with Crippen LogP contribution in [0.2, 0.25) is 0 Å². The number of aryl methyl sites for hydroxylation is 1. The SMILES string of the molecule is C[C@@H](OC(=O)Nc1c(-c2ccc(-c3cc(F)c(Oc4cccnc4C(=O)O)c(F)c3)cc2)cnn1C)c1ccccc1. The van der Waals surface area contributed by atoms with E-state index in [0.29, 0.717) is 22.5 Å². The highest BCUT2D eigenvalue weighted by Crippen LogP contribution is 2.35. The maximum absolute atomic E-state index is 14.9. The Morgan fingerprint density at radius 1 is 0.929 bits per heavy atom. The van der Waals surface area contributed by atoms with E-state index in [0.717, 1.165) is 17.7 Å². The number of aromatic nitrogens is 3. The first-order chi connectivity index (χ1) is 20.2. The number of carbonyl (C=O) groups excluding carboxylic acids is 1. The van der Waals surface area contributed by atoms with Gasteiger partial charge in [-0.05, 0) is 53.4 Å². The molecule has 5 aromatic rings. The number of benzene rings is 3. The normalized spacial score (nSPS) is 11.5. The first-order valence-corrected chi connectivity index (χ1v) is 12.7. The lowest BCUT2D eigenvalue weighted by molar-refractivity contribution is 0.0687. The molecule has 5 rings (SSSR count). The van der Waals surface area contributed by atoms with Crippen molar-refractivity contribution in [3.63, 3.8) is 0 Å². The van der Waals surface area contributed by atoms with Gasteiger partial charge in [0.2, 0.25) is 0 Å². The Kier molecular flexibility index (Phi) is 7.91. The van der Waals surface area contributed by atoms with Crippen molar-refractivity contribution in [3.8, 4) is 33.8 Å². The second kappa shape index (κ2) is 11.9. The summed E-state index contributed by atoms with van der Waals surface area (Å²) in [5, 5.41) is 16.2. The van der Waals surface area contributed by atoms with E-state index in [1.54, 1.807) is 44.4 Å². The maximum Gasteiger partial charge on any atom is 0.413 e. The van der Waals surface area contributed by atoms with E-state index in [2.05, 4.69) is 15.4 Å². The molecule has 212 valence electrons. The number of pyridine rings is 1. The molecular formula is C31H24F2N4O5. The molecule has 0 aliphatic heterocycles. The summed E-state index contributed by atoms with van der Waals surface area (Å²) in [5.74, 6) is -4.06. The van der Waals surface area contributed by atoms with Crippen LogP contribution in [0.1, 0.15) is 29.1 Å². The number of nitrogens with zero attached hydrogens (tertiary/aromatic N) is 3. The number of nitrogens with one attached hydrogen (secondary N) is 1. The molecule has 2 N–H and O–H groups in total. The van der Waals surface area contributed by atoms with Crippen molar-refractivity contribution < 1.29 is 33.0 Å². The number of carbonyl (C=O) groups is 2. The van der Waals surface area contributed by atoms with Gasteiger partial charge in [-0.1, -0.05) is 54.6 Å². The third-order valence-corrected chi connectivity index (χ3v) is 6.42. The molecule has 2 aromatic heterocycles. The summed E-state index contributed by atoms with van der Waals surface area (Å²) in [6, 6.07) is 20.9. The van der Waals surface area contributed by atoms with Gasteiger partial charge in [-0.25, -0.2) is 23.4 Å². The summed E-state index contributed by atoms with van der Waals surface area (Å²) >= 11 is 0. The zero-order chi connectivity index (χ0) is 29.8. The molecule has 0 fully saturated rings. The predicted octanol–water partition coefficient (Wildman–Crippen LogP) is 7.23. The average Bonchev–Trinajstić information content (AvgIpc) is 3.34. The molecule has 0 spiro atoms. The molecule has 0 radical (unpaired) electrons. The van der Waals surface area contributed by atoms with Crippen LogP contribution in [0.3, 0.4) is 0 Å². The first kappa shape index (κ1) is 28.0. The smallest absolute Gasteiger partial charge is 0.413 e. The van der Waals surface area contributed by atoms with Crippen molar-refractivity contribution in [3.05, 3.63) is 114 Å². The van der Waals surface area contributed by atoms with Crippen LogP contribution in [-0.4, -0.2) is 31.9 Å². The second-order valence-electron chi connectivity index (χ2n) is 9.22. The van der Waals surface area contributed by atoms with Gasteiger partial charge < -0.3 is 14.6 Å². The monoisotopic (exact) mass is 570 g/mol. The number of carboxylic acids is 1. The minimum absolute atomic E-state index is 0.233. The van der Waals surface area contributed by atoms with Gasteiger partial charge >= 0.3 is 12.1 Å². The minimum atomic E-state index is -1.39. The lowest BCUT2D eigenvalue weighted by Crippen LogP contribution is -2.18. The second-order valence-corrected chi connectivity index (χ2v) is 9.22. The molecular weight excluding hydrogens is 546 g/mol. The number of amides is 1. The van der Waals surface area contributed by atoms with Gasteiger partial charge in [0.1, 0.15) is 11.9 Å². The Morgan fingerprint density at radius 3 is 2.26 bits per heavy atom. The Labute approximate surface area is 239 Å². The Hall–Kier alpha value is -5.58. The molecule has 11 heteroatoms. The highest BCUT2D eigenvalue weighted by molar-refractivity contribution is 5.90. The zero-order valence-electron chi connectivity index (χ0n) is 22.4. The largest absolute Gasteiger partial charge is 0.476 e. The lowest BCUT2D eigenvalue weighted by Gasteiger charge is -2.15. The minimum Gasteiger partial charge on any atom is -0.476 e. The molecule has 0 aliphatic rings. The van der Waals surface area contributed by atoms with Gasteiger partial charge in [0.05, 0.1) is 6.20 Å². The molecule has 1 amide bonds. The van der Waals surface area contributed by atoms with E-state index in [4.69, 9.17) is 9.47 Å². The van der Waals surface area contributed by atoms with Crippen LogP contribution in [0, 0.1) is 11.6 Å². The number of ether oxygens (including phenoxy) is 2. The molecule has 0 saturated heterocycles. The van der Waals surface area contributed by atoms with Crippen LogP contribution in [-0.2, 0) is 11.8 Å². The van der Waals surface area contributed by atoms with Gasteiger partial charge in [-0.15, -0.1) is 0 Å². The van der Waals surface area contributed by atoms with E-state index in [1.807, 2.05) is 30.3 Å². The van der Waals surface area contributed by atoms with Crippen LogP contribution in [0.5, 0.6) is 11.5 Å². The molecule has 3 aromatic carbocycles. The van der Waals surface area contributed by atoms with Gasteiger partial charge in [0.25, 0.3) is 0 Å². The highest BCUT2D eigenvalue weighted by Gasteiger charge is 2.20. The average molecular weight is 571 g/mol. The van der Waals surface area contributed by atoms with Crippen LogP contribution in [0.15, 0.2) is 91.3 Å². The molecule has 0 bridgehead atoms. The fourth-order valence-electron chi connectivity index (χ4n) is 4.29. The van der Waals surface area contributed by atoms with Gasteiger partial charge in [0, 0.05) is 18.8 Å². The van der Waals surface area contributed by atoms with E-state index in [9.17, 15) is 23.5 Å². The van der Waals surface area contributed by atoms with Crippen LogP contribution in [0.25, 0.3) is 22.3 Å². The standard InChI is InChI=1S/C31H24F2N4O5/c1-18(19-7-4-3-5-8-19)41-31(40)36-29-23(17-35-37(29)2)21-12-10-20(11-13-21)22-15-24(32)28(25(33)16-22)42-26-9-6-14-34-27(26)30(38)39/h3-18H,1-2H3,(H,36,40)(H,38,39)/t18-/m1/s1. The quantitative estimate of drug-likeness (QED) is 0.202. The predicted molar refractivity (Wildman–Crippen MR) is 150 cm³/mol. The van der Waals surface area contributed by atoms with Gasteiger partial charge in [-0.2, -0.15) is 5.10 Å². The number of carboxylic acid groups (broad SMARTS) is 1. The topological polar surface area (TPSA) is 116 Å². The molecule has 0 saturated carbocycles. The summed E-state index contributed by atoms with van der Waals surface area (Å²) in [6.07, 6.45) is 1.70. The molecule has 42 heavy (non-hydrogen) atoms. The third-order valence-electron chi connectivity index (χ3n) is 6.42. The highest BCUT2D eigenvalue weighted by atomic mass is 19.1. The number of hydrogen-bond donors (Lipinski definition) is 2. The fraction of sp³-hybridized carbons (Fsp3) is 0.0968. The summed E-state index contributed by atoms with van der Waals surface area (Å²) in [6.45, 7) is 1.77. The van der Waals surface area contributed by atoms with Crippen molar-refractivity contribution in [2.75, 3.05) is 5.32 Å². The molecule has 0 aliphatic carbocycles.